The molecule has 2 N–H and O–H groups in total. The van der Waals surface area contributed by atoms with Gasteiger partial charge in [0.05, 0.1) is 12.2 Å². The van der Waals surface area contributed by atoms with Crippen LogP contribution in [0.1, 0.15) is 5.56 Å². The molecule has 14 heavy (non-hydrogen) atoms. The van der Waals surface area contributed by atoms with Crippen molar-refractivity contribution < 1.29 is 12.6 Å². The van der Waals surface area contributed by atoms with E-state index in [1.54, 1.807) is 0 Å². The first-order chi connectivity index (χ1) is 6.40. The first kappa shape index (κ1) is 11.6. The number of rotatable bonds is 3. The third kappa shape index (κ3) is 3.35. The molecule has 1 aromatic heterocycles. The van der Waals surface area contributed by atoms with Gasteiger partial charge in [0, 0.05) is 0 Å². The Labute approximate surface area is 90.3 Å². The summed E-state index contributed by atoms with van der Waals surface area (Å²) in [6, 6.07) is 0. The molecule has 0 fully saturated rings. The average Bonchev–Trinajstić information content (AvgIpc) is 2.01. The lowest BCUT2D eigenvalue weighted by atomic mass is 10.4. The lowest BCUT2D eigenvalue weighted by molar-refractivity contribution is 0.308. The van der Waals surface area contributed by atoms with Crippen LogP contribution in [0.5, 0.6) is 0 Å². The molecule has 0 unspecified atom stereocenters. The maximum atomic E-state index is 10.5. The topological polar surface area (TPSA) is 95.2 Å². The van der Waals surface area contributed by atoms with Crippen LogP contribution in [0.25, 0.3) is 0 Å². The summed E-state index contributed by atoms with van der Waals surface area (Å²) < 4.78 is 25.2. The minimum atomic E-state index is -4.03. The monoisotopic (exact) mass is 257 g/mol. The fourth-order valence-electron chi connectivity index (χ4n) is 0.631. The molecular weight excluding hydrogens is 253 g/mol. The van der Waals surface area contributed by atoms with Crippen LogP contribution in [0.4, 0.5) is 0 Å². The summed E-state index contributed by atoms with van der Waals surface area (Å²) in [6.45, 7) is -0.392. The van der Waals surface area contributed by atoms with Gasteiger partial charge in [0.15, 0.2) is 0 Å². The van der Waals surface area contributed by atoms with Gasteiger partial charge >= 0.3 is 10.3 Å². The maximum absolute atomic E-state index is 10.5. The molecule has 0 aliphatic rings. The Morgan fingerprint density at radius 1 is 1.36 bits per heavy atom. The zero-order valence-corrected chi connectivity index (χ0v) is 8.97. The van der Waals surface area contributed by atoms with E-state index in [0.29, 0.717) is 0 Å². The van der Waals surface area contributed by atoms with Crippen LogP contribution in [0, 0.1) is 0 Å². The van der Waals surface area contributed by atoms with Crippen molar-refractivity contribution in [3.63, 3.8) is 0 Å². The fraction of sp³-hybridized carbons (Fsp3) is 0.200. The molecule has 1 aromatic rings. The molecule has 0 aliphatic carbocycles. The highest BCUT2D eigenvalue weighted by atomic mass is 35.5. The second-order valence-electron chi connectivity index (χ2n) is 2.19. The van der Waals surface area contributed by atoms with Gasteiger partial charge in [-0.2, -0.15) is 8.42 Å². The Bertz CT molecular complexity index is 416. The number of nitrogens with zero attached hydrogens (tertiary/aromatic N) is 2. The minimum absolute atomic E-state index is 0.0219. The zero-order valence-electron chi connectivity index (χ0n) is 6.65. The van der Waals surface area contributed by atoms with Gasteiger partial charge in [0.25, 0.3) is 0 Å². The molecule has 1 rings (SSSR count). The number of hydrogen-bond acceptors (Lipinski definition) is 5. The standard InChI is InChI=1S/C5H5Cl2N3O3S/c6-4-3(1-13-14(8,11)12)5(7)10-2-9-4/h2H,1H2,(H2,8,11,12). The molecule has 6 nitrogen and oxygen atoms in total. The number of aromatic nitrogens is 2. The number of halogens is 2. The quantitative estimate of drug-likeness (QED) is 0.796. The molecule has 0 saturated heterocycles. The van der Waals surface area contributed by atoms with Crippen molar-refractivity contribution in [1.82, 2.24) is 9.97 Å². The molecule has 0 saturated carbocycles. The second kappa shape index (κ2) is 4.37. The molecule has 0 spiro atoms. The smallest absolute Gasteiger partial charge is 0.253 e. The molecule has 9 heteroatoms. The Kier molecular flexibility index (Phi) is 3.62. The van der Waals surface area contributed by atoms with E-state index in [2.05, 4.69) is 19.3 Å². The van der Waals surface area contributed by atoms with E-state index in [9.17, 15) is 8.42 Å². The van der Waals surface area contributed by atoms with E-state index in [-0.39, 0.29) is 15.9 Å². The van der Waals surface area contributed by atoms with Gasteiger partial charge in [0.1, 0.15) is 16.6 Å². The Morgan fingerprint density at radius 3 is 2.29 bits per heavy atom. The van der Waals surface area contributed by atoms with Crippen LogP contribution in [-0.2, 0) is 21.1 Å². The van der Waals surface area contributed by atoms with E-state index < -0.39 is 16.9 Å². The van der Waals surface area contributed by atoms with Gasteiger partial charge in [-0.05, 0) is 0 Å². The van der Waals surface area contributed by atoms with Gasteiger partial charge in [-0.15, -0.1) is 0 Å². The third-order valence-electron chi connectivity index (χ3n) is 1.21. The van der Waals surface area contributed by atoms with Crippen LogP contribution in [0.2, 0.25) is 10.3 Å². The summed E-state index contributed by atoms with van der Waals surface area (Å²) in [5.41, 5.74) is 0.171. The van der Waals surface area contributed by atoms with Crippen LogP contribution in [0.15, 0.2) is 6.33 Å². The molecule has 0 aliphatic heterocycles. The maximum Gasteiger partial charge on any atom is 0.333 e. The molecule has 0 radical (unpaired) electrons. The zero-order chi connectivity index (χ0) is 10.8. The highest BCUT2D eigenvalue weighted by molar-refractivity contribution is 7.84. The molecular formula is C5H5Cl2N3O3S. The van der Waals surface area contributed by atoms with Crippen molar-refractivity contribution in [2.45, 2.75) is 6.61 Å². The van der Waals surface area contributed by atoms with Gasteiger partial charge in [0.2, 0.25) is 0 Å². The first-order valence-electron chi connectivity index (χ1n) is 3.22. The molecule has 0 bridgehead atoms. The van der Waals surface area contributed by atoms with E-state index in [4.69, 9.17) is 23.2 Å². The number of hydrogen-bond donors (Lipinski definition) is 1. The largest absolute Gasteiger partial charge is 0.333 e. The SMILES string of the molecule is NS(=O)(=O)OCc1c(Cl)ncnc1Cl. The molecule has 0 atom stereocenters. The predicted octanol–water partition coefficient (Wildman–Crippen LogP) is 0.504. The second-order valence-corrected chi connectivity index (χ2v) is 4.13. The summed E-state index contributed by atoms with van der Waals surface area (Å²) in [6.07, 6.45) is 1.14. The van der Waals surface area contributed by atoms with Crippen molar-refractivity contribution in [3.8, 4) is 0 Å². The van der Waals surface area contributed by atoms with Crippen LogP contribution in [-0.4, -0.2) is 18.4 Å². The fourth-order valence-corrected chi connectivity index (χ4v) is 1.34. The summed E-state index contributed by atoms with van der Waals surface area (Å²) in [4.78, 5) is 7.19. The lowest BCUT2D eigenvalue weighted by Crippen LogP contribution is -2.16. The van der Waals surface area contributed by atoms with Crippen molar-refractivity contribution in [1.29, 1.82) is 0 Å². The minimum Gasteiger partial charge on any atom is -0.253 e. The average molecular weight is 258 g/mol. The predicted molar refractivity (Wildman–Crippen MR) is 49.9 cm³/mol. The van der Waals surface area contributed by atoms with Crippen molar-refractivity contribution in [2.24, 2.45) is 5.14 Å². The lowest BCUT2D eigenvalue weighted by Gasteiger charge is -2.03. The highest BCUT2D eigenvalue weighted by Gasteiger charge is 2.11. The van der Waals surface area contributed by atoms with Crippen molar-refractivity contribution in [2.75, 3.05) is 0 Å². The van der Waals surface area contributed by atoms with E-state index in [1.165, 1.54) is 0 Å². The van der Waals surface area contributed by atoms with E-state index >= 15 is 0 Å². The van der Waals surface area contributed by atoms with Gasteiger partial charge in [-0.1, -0.05) is 23.2 Å². The van der Waals surface area contributed by atoms with Gasteiger partial charge < -0.3 is 0 Å². The summed E-state index contributed by atoms with van der Waals surface area (Å²) in [5.74, 6) is 0. The molecule has 0 aromatic carbocycles. The summed E-state index contributed by atoms with van der Waals surface area (Å²) in [5, 5.41) is 4.65. The molecule has 0 amide bonds. The highest BCUT2D eigenvalue weighted by Crippen LogP contribution is 2.20. The van der Waals surface area contributed by atoms with Gasteiger partial charge in [-0.3, -0.25) is 4.18 Å². The Hall–Kier alpha value is -0.470. The summed E-state index contributed by atoms with van der Waals surface area (Å²) in [7, 11) is -4.03. The number of nitrogens with two attached hydrogens (primary N) is 1. The molecule has 78 valence electrons. The Morgan fingerprint density at radius 2 is 1.86 bits per heavy atom. The van der Waals surface area contributed by atoms with E-state index in [1.807, 2.05) is 0 Å². The summed E-state index contributed by atoms with van der Waals surface area (Å²) >= 11 is 11.2. The van der Waals surface area contributed by atoms with Crippen molar-refractivity contribution >= 4 is 33.5 Å². The van der Waals surface area contributed by atoms with Crippen molar-refractivity contribution in [3.05, 3.63) is 22.2 Å². The Balaban J connectivity index is 2.87. The van der Waals surface area contributed by atoms with E-state index in [0.717, 1.165) is 6.33 Å². The molecule has 1 heterocycles. The van der Waals surface area contributed by atoms with Crippen LogP contribution >= 0.6 is 23.2 Å². The van der Waals surface area contributed by atoms with Gasteiger partial charge in [-0.25, -0.2) is 15.1 Å². The normalized spacial score (nSPS) is 11.6. The van der Waals surface area contributed by atoms with Crippen LogP contribution in [0.3, 0.4) is 0 Å². The third-order valence-corrected chi connectivity index (χ3v) is 2.31. The first-order valence-corrected chi connectivity index (χ1v) is 5.45. The van der Waals surface area contributed by atoms with Crippen LogP contribution < -0.4 is 5.14 Å².